The number of halogens is 3. The van der Waals surface area contributed by atoms with Gasteiger partial charge in [0.1, 0.15) is 5.82 Å². The number of hydrogen-bond donors (Lipinski definition) is 1. The van der Waals surface area contributed by atoms with Crippen LogP contribution in [0.3, 0.4) is 0 Å². The van der Waals surface area contributed by atoms with Gasteiger partial charge in [0, 0.05) is 37.7 Å². The van der Waals surface area contributed by atoms with Crippen LogP contribution in [0, 0.1) is 6.92 Å². The van der Waals surface area contributed by atoms with Crippen molar-refractivity contribution in [3.63, 3.8) is 0 Å². The molecule has 0 saturated heterocycles. The van der Waals surface area contributed by atoms with E-state index in [0.717, 1.165) is 37.0 Å². The zero-order valence-electron chi connectivity index (χ0n) is 13.9. The Morgan fingerprint density at radius 2 is 2.24 bits per heavy atom. The van der Waals surface area contributed by atoms with Crippen molar-refractivity contribution in [3.05, 3.63) is 35.7 Å². The summed E-state index contributed by atoms with van der Waals surface area (Å²) in [5.41, 5.74) is 0.146. The molecule has 1 atom stereocenters. The van der Waals surface area contributed by atoms with Crippen LogP contribution in [0.25, 0.3) is 0 Å². The average molecular weight is 355 g/mol. The number of nitrogens with one attached hydrogen (secondary N) is 1. The standard InChI is InChI=1S/C16H20F3N5O/c1-11-10-21-14-12(4-2-8-24(11)14)15(25)20-6-3-7-23-9-5-13(22-23)16(17,18)19/h5,9-10,12H,2-4,6-8H2,1H3,(H,20,25). The molecule has 0 aromatic carbocycles. The third-order valence-electron chi connectivity index (χ3n) is 4.38. The highest BCUT2D eigenvalue weighted by Crippen LogP contribution is 2.28. The van der Waals surface area contributed by atoms with Crippen molar-refractivity contribution in [2.45, 2.75) is 51.4 Å². The lowest BCUT2D eigenvalue weighted by Gasteiger charge is -2.23. The molecule has 0 spiro atoms. The van der Waals surface area contributed by atoms with Crippen LogP contribution in [0.15, 0.2) is 18.5 Å². The van der Waals surface area contributed by atoms with Crippen LogP contribution < -0.4 is 5.32 Å². The lowest BCUT2D eigenvalue weighted by molar-refractivity contribution is -0.141. The van der Waals surface area contributed by atoms with E-state index in [0.29, 0.717) is 19.5 Å². The third kappa shape index (κ3) is 3.85. The van der Waals surface area contributed by atoms with E-state index >= 15 is 0 Å². The second kappa shape index (κ2) is 6.89. The molecular formula is C16H20F3N5O. The van der Waals surface area contributed by atoms with Gasteiger partial charge in [-0.3, -0.25) is 9.48 Å². The highest BCUT2D eigenvalue weighted by molar-refractivity contribution is 5.82. The van der Waals surface area contributed by atoms with Gasteiger partial charge in [0.05, 0.1) is 5.92 Å². The Kier molecular flexibility index (Phi) is 4.82. The first-order valence-electron chi connectivity index (χ1n) is 8.26. The molecule has 136 valence electrons. The number of carbonyl (C=O) groups excluding carboxylic acids is 1. The van der Waals surface area contributed by atoms with Gasteiger partial charge in [-0.1, -0.05) is 0 Å². The van der Waals surface area contributed by atoms with Crippen LogP contribution in [0.4, 0.5) is 13.2 Å². The SMILES string of the molecule is Cc1cnc2n1CCCC2C(=O)NCCCn1ccc(C(F)(F)F)n1. The van der Waals surface area contributed by atoms with Crippen molar-refractivity contribution in [1.29, 1.82) is 0 Å². The van der Waals surface area contributed by atoms with Gasteiger partial charge in [0.2, 0.25) is 5.91 Å². The number of hydrogen-bond acceptors (Lipinski definition) is 3. The molecule has 9 heteroatoms. The summed E-state index contributed by atoms with van der Waals surface area (Å²) < 4.78 is 40.8. The number of rotatable bonds is 5. The van der Waals surface area contributed by atoms with E-state index in [1.54, 1.807) is 6.20 Å². The molecule has 25 heavy (non-hydrogen) atoms. The highest BCUT2D eigenvalue weighted by Gasteiger charge is 2.33. The van der Waals surface area contributed by atoms with Crippen molar-refractivity contribution in [3.8, 4) is 0 Å². The molecule has 6 nitrogen and oxygen atoms in total. The number of amides is 1. The Morgan fingerprint density at radius 1 is 1.44 bits per heavy atom. The summed E-state index contributed by atoms with van der Waals surface area (Å²) in [4.78, 5) is 16.7. The Balaban J connectivity index is 1.48. The van der Waals surface area contributed by atoms with Gasteiger partial charge in [0.15, 0.2) is 5.69 Å². The fraction of sp³-hybridized carbons (Fsp3) is 0.562. The van der Waals surface area contributed by atoms with E-state index in [4.69, 9.17) is 0 Å². The maximum atomic E-state index is 12.5. The first kappa shape index (κ1) is 17.5. The largest absolute Gasteiger partial charge is 0.435 e. The summed E-state index contributed by atoms with van der Waals surface area (Å²) in [6.07, 6.45) is 0.833. The molecule has 1 amide bonds. The fourth-order valence-corrected chi connectivity index (χ4v) is 3.09. The summed E-state index contributed by atoms with van der Waals surface area (Å²) >= 11 is 0. The van der Waals surface area contributed by atoms with E-state index in [1.807, 2.05) is 6.92 Å². The van der Waals surface area contributed by atoms with Gasteiger partial charge in [-0.15, -0.1) is 0 Å². The maximum absolute atomic E-state index is 12.5. The van der Waals surface area contributed by atoms with Crippen LogP contribution in [0.2, 0.25) is 0 Å². The normalized spacial score (nSPS) is 17.4. The van der Waals surface area contributed by atoms with Crippen molar-refractivity contribution >= 4 is 5.91 Å². The Bertz CT molecular complexity index is 749. The van der Waals surface area contributed by atoms with E-state index in [2.05, 4.69) is 20.0 Å². The summed E-state index contributed by atoms with van der Waals surface area (Å²) in [7, 11) is 0. The first-order chi connectivity index (χ1) is 11.9. The van der Waals surface area contributed by atoms with Gasteiger partial charge in [-0.25, -0.2) is 4.98 Å². The van der Waals surface area contributed by atoms with Crippen LogP contribution in [-0.4, -0.2) is 31.8 Å². The quantitative estimate of drug-likeness (QED) is 0.838. The number of aryl methyl sites for hydroxylation is 2. The maximum Gasteiger partial charge on any atom is 0.435 e. The lowest BCUT2D eigenvalue weighted by Crippen LogP contribution is -2.34. The fourth-order valence-electron chi connectivity index (χ4n) is 3.09. The summed E-state index contributed by atoms with van der Waals surface area (Å²) in [6.45, 7) is 3.55. The molecule has 3 heterocycles. The highest BCUT2D eigenvalue weighted by atomic mass is 19.4. The van der Waals surface area contributed by atoms with Gasteiger partial charge in [-0.05, 0) is 32.3 Å². The molecule has 3 rings (SSSR count). The number of aromatic nitrogens is 4. The molecule has 0 radical (unpaired) electrons. The topological polar surface area (TPSA) is 64.7 Å². The second-order valence-corrected chi connectivity index (χ2v) is 6.21. The van der Waals surface area contributed by atoms with Gasteiger partial charge < -0.3 is 9.88 Å². The molecule has 1 unspecified atom stereocenters. The van der Waals surface area contributed by atoms with Crippen molar-refractivity contribution in [1.82, 2.24) is 24.6 Å². The van der Waals surface area contributed by atoms with Gasteiger partial charge >= 0.3 is 6.18 Å². The molecule has 0 bridgehead atoms. The van der Waals surface area contributed by atoms with Crippen LogP contribution in [-0.2, 0) is 24.1 Å². The predicted octanol–water partition coefficient (Wildman–Crippen LogP) is 2.49. The van der Waals surface area contributed by atoms with E-state index in [1.165, 1.54) is 10.9 Å². The lowest BCUT2D eigenvalue weighted by atomic mass is 9.98. The van der Waals surface area contributed by atoms with Crippen LogP contribution in [0.1, 0.15) is 42.4 Å². The smallest absolute Gasteiger partial charge is 0.355 e. The predicted molar refractivity (Wildman–Crippen MR) is 83.8 cm³/mol. The van der Waals surface area contributed by atoms with E-state index < -0.39 is 11.9 Å². The number of carbonyl (C=O) groups is 1. The first-order valence-corrected chi connectivity index (χ1v) is 8.26. The molecule has 0 aliphatic carbocycles. The second-order valence-electron chi connectivity index (χ2n) is 6.21. The zero-order valence-corrected chi connectivity index (χ0v) is 13.9. The van der Waals surface area contributed by atoms with E-state index in [9.17, 15) is 18.0 Å². The van der Waals surface area contributed by atoms with Crippen molar-refractivity contribution in [2.24, 2.45) is 0 Å². The van der Waals surface area contributed by atoms with Crippen LogP contribution in [0.5, 0.6) is 0 Å². The average Bonchev–Trinajstić information content (AvgIpc) is 3.18. The molecule has 0 saturated carbocycles. The van der Waals surface area contributed by atoms with Crippen LogP contribution >= 0.6 is 0 Å². The molecule has 2 aromatic heterocycles. The van der Waals surface area contributed by atoms with Gasteiger partial charge in [0.25, 0.3) is 0 Å². The van der Waals surface area contributed by atoms with Crippen molar-refractivity contribution in [2.75, 3.05) is 6.54 Å². The third-order valence-corrected chi connectivity index (χ3v) is 4.38. The number of fused-ring (bicyclic) bond motifs is 1. The minimum atomic E-state index is -4.43. The Morgan fingerprint density at radius 3 is 2.96 bits per heavy atom. The van der Waals surface area contributed by atoms with E-state index in [-0.39, 0.29) is 11.8 Å². The Hall–Kier alpha value is -2.32. The molecule has 0 fully saturated rings. The van der Waals surface area contributed by atoms with Crippen molar-refractivity contribution < 1.29 is 18.0 Å². The number of imidazole rings is 1. The number of alkyl halides is 3. The molecule has 1 N–H and O–H groups in total. The summed E-state index contributed by atoms with van der Waals surface area (Å²) in [5.74, 6) is 0.454. The Labute approximate surface area is 143 Å². The zero-order chi connectivity index (χ0) is 18.0. The molecule has 1 aliphatic heterocycles. The molecular weight excluding hydrogens is 335 g/mol. The number of nitrogens with zero attached hydrogens (tertiary/aromatic N) is 4. The minimum absolute atomic E-state index is 0.0806. The summed E-state index contributed by atoms with van der Waals surface area (Å²) in [5, 5.41) is 6.34. The monoisotopic (exact) mass is 355 g/mol. The van der Waals surface area contributed by atoms with Gasteiger partial charge in [-0.2, -0.15) is 18.3 Å². The summed E-state index contributed by atoms with van der Waals surface area (Å²) in [6, 6.07) is 0.947. The minimum Gasteiger partial charge on any atom is -0.355 e. The molecule has 2 aromatic rings. The molecule has 1 aliphatic rings.